The first kappa shape index (κ1) is 24.0. The maximum absolute atomic E-state index is 13.6. The van der Waals surface area contributed by atoms with E-state index in [1.54, 1.807) is 48.5 Å². The summed E-state index contributed by atoms with van der Waals surface area (Å²) in [6.45, 7) is 8.51. The van der Waals surface area contributed by atoms with Crippen molar-refractivity contribution < 1.29 is 9.90 Å². The summed E-state index contributed by atoms with van der Waals surface area (Å²) in [6, 6.07) is 14.0. The number of carboxylic acid groups (broad SMARTS) is 1. The van der Waals surface area contributed by atoms with E-state index in [2.05, 4.69) is 14.7 Å². The lowest BCUT2D eigenvalue weighted by Gasteiger charge is -2.36. The minimum atomic E-state index is -1.03. The lowest BCUT2D eigenvalue weighted by molar-refractivity contribution is 0.0693. The van der Waals surface area contributed by atoms with Crippen LogP contribution in [0.15, 0.2) is 53.3 Å². The van der Waals surface area contributed by atoms with Crippen LogP contribution in [0.25, 0.3) is 16.5 Å². The van der Waals surface area contributed by atoms with Gasteiger partial charge in [-0.3, -0.25) is 19.2 Å². The van der Waals surface area contributed by atoms with Crippen LogP contribution in [-0.4, -0.2) is 82.7 Å². The summed E-state index contributed by atoms with van der Waals surface area (Å²) in [7, 11) is 0. The summed E-state index contributed by atoms with van der Waals surface area (Å²) in [4.78, 5) is 33.4. The molecule has 0 aliphatic carbocycles. The molecule has 0 unspecified atom stereocenters. The first-order chi connectivity index (χ1) is 17.0. The van der Waals surface area contributed by atoms with E-state index in [0.717, 1.165) is 39.3 Å². The highest BCUT2D eigenvalue weighted by Gasteiger charge is 2.26. The molecule has 2 saturated heterocycles. The quantitative estimate of drug-likeness (QED) is 0.541. The Hall–Kier alpha value is -2.71. The van der Waals surface area contributed by atoms with Gasteiger partial charge in [0.15, 0.2) is 0 Å². The number of carbonyl (C=O) groups is 1. The fraction of sp³-hybridized carbons (Fsp3) is 0.407. The van der Waals surface area contributed by atoms with Crippen molar-refractivity contribution in [3.8, 4) is 5.69 Å². The molecule has 8 heteroatoms. The normalized spacial score (nSPS) is 17.9. The first-order valence-corrected chi connectivity index (χ1v) is 12.7. The van der Waals surface area contributed by atoms with Crippen LogP contribution in [0.5, 0.6) is 0 Å². The maximum atomic E-state index is 13.6. The lowest BCUT2D eigenvalue weighted by atomic mass is 10.0. The molecule has 2 aliphatic heterocycles. The van der Waals surface area contributed by atoms with Crippen LogP contribution in [0, 0.1) is 0 Å². The number of likely N-dealkylation sites (tertiary alicyclic amines) is 1. The number of rotatable bonds is 7. The van der Waals surface area contributed by atoms with Gasteiger partial charge in [0.2, 0.25) is 0 Å². The van der Waals surface area contributed by atoms with Crippen LogP contribution in [0.1, 0.15) is 28.9 Å². The van der Waals surface area contributed by atoms with Crippen LogP contribution in [-0.2, 0) is 6.54 Å². The molecule has 3 aromatic rings. The zero-order chi connectivity index (χ0) is 24.4. The van der Waals surface area contributed by atoms with Gasteiger partial charge in [-0.2, -0.15) is 0 Å². The summed E-state index contributed by atoms with van der Waals surface area (Å²) in [5.41, 5.74) is 1.02. The van der Waals surface area contributed by atoms with Crippen molar-refractivity contribution in [3.05, 3.63) is 75.2 Å². The second-order valence-corrected chi connectivity index (χ2v) is 9.90. The van der Waals surface area contributed by atoms with Gasteiger partial charge in [-0.05, 0) is 50.2 Å². The van der Waals surface area contributed by atoms with Gasteiger partial charge in [0.1, 0.15) is 0 Å². The molecule has 5 rings (SSSR count). The zero-order valence-corrected chi connectivity index (χ0v) is 20.6. The van der Waals surface area contributed by atoms with Gasteiger partial charge in [-0.15, -0.1) is 0 Å². The van der Waals surface area contributed by atoms with Gasteiger partial charge < -0.3 is 10.0 Å². The van der Waals surface area contributed by atoms with Gasteiger partial charge in [0, 0.05) is 61.6 Å². The molecular weight excluding hydrogens is 464 g/mol. The largest absolute Gasteiger partial charge is 0.478 e. The number of aromatic carboxylic acids is 1. The zero-order valence-electron chi connectivity index (χ0n) is 19.8. The third-order valence-corrected chi connectivity index (χ3v) is 7.47. The summed E-state index contributed by atoms with van der Waals surface area (Å²) in [5.74, 6) is -1.03. The Balaban J connectivity index is 1.46. The molecular formula is C27H31ClN4O3. The number of halogens is 1. The van der Waals surface area contributed by atoms with Gasteiger partial charge in [-0.25, -0.2) is 4.79 Å². The number of hydrogen-bond acceptors (Lipinski definition) is 5. The summed E-state index contributed by atoms with van der Waals surface area (Å²) in [6.07, 6.45) is 2.61. The lowest BCUT2D eigenvalue weighted by Crippen LogP contribution is -2.48. The Morgan fingerprint density at radius 2 is 1.46 bits per heavy atom. The van der Waals surface area contributed by atoms with Crippen molar-refractivity contribution in [2.24, 2.45) is 0 Å². The van der Waals surface area contributed by atoms with Crippen molar-refractivity contribution in [2.75, 3.05) is 52.4 Å². The molecule has 1 aromatic heterocycles. The smallest absolute Gasteiger partial charge is 0.338 e. The molecule has 2 aliphatic rings. The maximum Gasteiger partial charge on any atom is 0.338 e. The molecule has 1 N–H and O–H groups in total. The molecule has 0 amide bonds. The average molecular weight is 495 g/mol. The minimum Gasteiger partial charge on any atom is -0.478 e. The van der Waals surface area contributed by atoms with Crippen LogP contribution in [0.2, 0.25) is 5.02 Å². The molecule has 0 radical (unpaired) electrons. The number of piperazine rings is 1. The fourth-order valence-electron chi connectivity index (χ4n) is 5.35. The second kappa shape index (κ2) is 10.5. The molecule has 7 nitrogen and oxygen atoms in total. The Bertz CT molecular complexity index is 1280. The van der Waals surface area contributed by atoms with Crippen LogP contribution < -0.4 is 5.56 Å². The second-order valence-electron chi connectivity index (χ2n) is 9.46. The van der Waals surface area contributed by atoms with Gasteiger partial charge in [0.25, 0.3) is 5.56 Å². The van der Waals surface area contributed by atoms with Crippen molar-refractivity contribution in [2.45, 2.75) is 19.4 Å². The number of benzene rings is 2. The third-order valence-electron chi connectivity index (χ3n) is 7.24. The van der Waals surface area contributed by atoms with E-state index in [1.165, 1.54) is 30.5 Å². The van der Waals surface area contributed by atoms with Gasteiger partial charge >= 0.3 is 5.97 Å². The van der Waals surface area contributed by atoms with Crippen LogP contribution in [0.3, 0.4) is 0 Å². The molecule has 2 aromatic carbocycles. The Morgan fingerprint density at radius 3 is 2.11 bits per heavy atom. The van der Waals surface area contributed by atoms with E-state index in [9.17, 15) is 14.7 Å². The van der Waals surface area contributed by atoms with Gasteiger partial charge in [0.05, 0.1) is 16.9 Å². The highest BCUT2D eigenvalue weighted by molar-refractivity contribution is 6.30. The Morgan fingerprint density at radius 1 is 0.829 bits per heavy atom. The molecule has 35 heavy (non-hydrogen) atoms. The minimum absolute atomic E-state index is 0.177. The number of fused-ring (bicyclic) bond motifs is 1. The highest BCUT2D eigenvalue weighted by Crippen LogP contribution is 2.25. The van der Waals surface area contributed by atoms with E-state index in [1.807, 2.05) is 0 Å². The van der Waals surface area contributed by atoms with Gasteiger partial charge in [-0.1, -0.05) is 35.9 Å². The van der Waals surface area contributed by atoms with E-state index >= 15 is 0 Å². The number of aromatic nitrogens is 1. The Kier molecular flexibility index (Phi) is 7.20. The molecule has 0 saturated carbocycles. The summed E-state index contributed by atoms with van der Waals surface area (Å²) >= 11 is 6.25. The summed E-state index contributed by atoms with van der Waals surface area (Å²) < 4.78 is 1.54. The SMILES string of the molecule is O=C(O)c1c(CN2CCN(CCN3CCCC3)CC2)n(-c2cccc(Cl)c2)c(=O)c2ccccc12. The van der Waals surface area contributed by atoms with Crippen molar-refractivity contribution in [1.82, 2.24) is 19.3 Å². The number of pyridine rings is 1. The van der Waals surface area contributed by atoms with Crippen molar-refractivity contribution in [3.63, 3.8) is 0 Å². The predicted octanol–water partition coefficient (Wildman–Crippen LogP) is 3.56. The van der Waals surface area contributed by atoms with Crippen molar-refractivity contribution >= 4 is 28.3 Å². The monoisotopic (exact) mass is 494 g/mol. The third kappa shape index (κ3) is 5.14. The number of hydrogen-bond donors (Lipinski definition) is 1. The molecule has 3 heterocycles. The fourth-order valence-corrected chi connectivity index (χ4v) is 5.53. The van der Waals surface area contributed by atoms with Crippen LogP contribution >= 0.6 is 11.6 Å². The number of carboxylic acids is 1. The number of nitrogens with zero attached hydrogens (tertiary/aromatic N) is 4. The molecule has 0 spiro atoms. The van der Waals surface area contributed by atoms with E-state index in [0.29, 0.717) is 33.7 Å². The molecule has 2 fully saturated rings. The molecule has 0 bridgehead atoms. The summed E-state index contributed by atoms with van der Waals surface area (Å²) in [5, 5.41) is 11.6. The topological polar surface area (TPSA) is 69.0 Å². The molecule has 0 atom stereocenters. The standard InChI is InChI=1S/C27H31ClN4O3/c28-20-6-5-7-21(18-20)32-24(25(27(34)35)22-8-1-2-9-23(22)26(32)33)19-31-16-14-30(15-17-31)13-12-29-10-3-4-11-29/h1-2,5-9,18H,3-4,10-17,19H2,(H,34,35). The first-order valence-electron chi connectivity index (χ1n) is 12.3. The highest BCUT2D eigenvalue weighted by atomic mass is 35.5. The predicted molar refractivity (Wildman–Crippen MR) is 139 cm³/mol. The van der Waals surface area contributed by atoms with E-state index in [4.69, 9.17) is 11.6 Å². The van der Waals surface area contributed by atoms with Crippen molar-refractivity contribution in [1.29, 1.82) is 0 Å². The van der Waals surface area contributed by atoms with Crippen LogP contribution in [0.4, 0.5) is 0 Å². The molecule has 184 valence electrons. The average Bonchev–Trinajstić information content (AvgIpc) is 3.37. The Labute approximate surface area is 210 Å². The van der Waals surface area contributed by atoms with E-state index < -0.39 is 5.97 Å². The van der Waals surface area contributed by atoms with E-state index in [-0.39, 0.29) is 11.1 Å².